The van der Waals surface area contributed by atoms with E-state index in [4.69, 9.17) is 0 Å². The largest absolute Gasteiger partial charge is 0.310 e. The van der Waals surface area contributed by atoms with Crippen LogP contribution in [0.5, 0.6) is 0 Å². The highest BCUT2D eigenvalue weighted by Gasteiger charge is 2.49. The van der Waals surface area contributed by atoms with Crippen LogP contribution in [-0.4, -0.2) is 0 Å². The minimum atomic E-state index is -0.543. The first kappa shape index (κ1) is 38.5. The first-order valence-corrected chi connectivity index (χ1v) is 23.3. The standard InChI is InChI=1S/C65H47N/c1-63(2)55-34-16-12-30-50(55)53-41-40-49(43-60(53)63)66(48-29-20-28-47(42-48)65(46-26-10-5-11-27-46)56-35-17-13-31-51(56)52-32-14-18-36-57(52)65)61-39-21-38-59-62(61)54-33-15-19-37-58(54)64(59,44-22-6-3-7-23-44)45-24-8-4-9-25-45/h3-43H,1-2H3. The van der Waals surface area contributed by atoms with Crippen LogP contribution in [0.25, 0.3) is 33.4 Å². The van der Waals surface area contributed by atoms with E-state index >= 15 is 0 Å². The maximum absolute atomic E-state index is 2.57. The van der Waals surface area contributed by atoms with E-state index in [-0.39, 0.29) is 5.41 Å². The van der Waals surface area contributed by atoms with Gasteiger partial charge in [0.15, 0.2) is 0 Å². The van der Waals surface area contributed by atoms with Crippen molar-refractivity contribution in [3.05, 3.63) is 304 Å². The first-order chi connectivity index (χ1) is 32.5. The Kier molecular flexibility index (Phi) is 8.45. The van der Waals surface area contributed by atoms with Crippen LogP contribution in [0.3, 0.4) is 0 Å². The quantitative estimate of drug-likeness (QED) is 0.155. The molecule has 0 spiro atoms. The van der Waals surface area contributed by atoms with E-state index in [1.807, 2.05) is 0 Å². The van der Waals surface area contributed by atoms with Gasteiger partial charge in [-0.15, -0.1) is 0 Å². The number of rotatable bonds is 7. The predicted molar refractivity (Wildman–Crippen MR) is 273 cm³/mol. The maximum atomic E-state index is 2.57. The van der Waals surface area contributed by atoms with E-state index in [2.05, 4.69) is 267 Å². The molecule has 0 aliphatic heterocycles. The van der Waals surface area contributed by atoms with Crippen molar-refractivity contribution in [1.82, 2.24) is 0 Å². The van der Waals surface area contributed by atoms with Crippen LogP contribution in [0.4, 0.5) is 17.1 Å². The molecule has 0 fully saturated rings. The summed E-state index contributed by atoms with van der Waals surface area (Å²) in [4.78, 5) is 2.57. The summed E-state index contributed by atoms with van der Waals surface area (Å²) in [6.07, 6.45) is 0. The van der Waals surface area contributed by atoms with Crippen LogP contribution in [0.15, 0.2) is 249 Å². The van der Waals surface area contributed by atoms with Gasteiger partial charge in [0.2, 0.25) is 0 Å². The number of fused-ring (bicyclic) bond motifs is 9. The average molecular weight is 842 g/mol. The van der Waals surface area contributed by atoms with E-state index in [0.717, 1.165) is 17.1 Å². The van der Waals surface area contributed by atoms with E-state index in [1.54, 1.807) is 0 Å². The Labute approximate surface area is 388 Å². The van der Waals surface area contributed by atoms with Gasteiger partial charge in [-0.3, -0.25) is 0 Å². The second-order valence-corrected chi connectivity index (χ2v) is 18.7. The Balaban J connectivity index is 1.12. The molecular formula is C65H47N. The van der Waals surface area contributed by atoms with Crippen molar-refractivity contribution in [3.8, 4) is 33.4 Å². The van der Waals surface area contributed by atoms with Gasteiger partial charge in [-0.25, -0.2) is 0 Å². The van der Waals surface area contributed by atoms with Crippen molar-refractivity contribution in [2.45, 2.75) is 30.1 Å². The van der Waals surface area contributed by atoms with Gasteiger partial charge in [0.05, 0.1) is 16.5 Å². The summed E-state index contributed by atoms with van der Waals surface area (Å²) in [6.45, 7) is 4.77. The monoisotopic (exact) mass is 841 g/mol. The molecule has 0 bridgehead atoms. The number of benzene rings is 10. The third-order valence-electron chi connectivity index (χ3n) is 15.2. The van der Waals surface area contributed by atoms with Crippen LogP contribution in [0.1, 0.15) is 69.5 Å². The first-order valence-electron chi connectivity index (χ1n) is 23.3. The lowest BCUT2D eigenvalue weighted by Gasteiger charge is -2.36. The third-order valence-corrected chi connectivity index (χ3v) is 15.2. The summed E-state index contributed by atoms with van der Waals surface area (Å²) in [6, 6.07) is 93.3. The topological polar surface area (TPSA) is 3.24 Å². The van der Waals surface area contributed by atoms with Gasteiger partial charge >= 0.3 is 0 Å². The lowest BCUT2D eigenvalue weighted by Crippen LogP contribution is -2.29. The van der Waals surface area contributed by atoms with Crippen molar-refractivity contribution < 1.29 is 0 Å². The highest BCUT2D eigenvalue weighted by molar-refractivity contribution is 5.98. The lowest BCUT2D eigenvalue weighted by molar-refractivity contribution is 0.660. The van der Waals surface area contributed by atoms with Gasteiger partial charge in [0.25, 0.3) is 0 Å². The Bertz CT molecular complexity index is 3420. The molecule has 1 heteroatoms. The molecule has 0 aromatic heterocycles. The molecule has 0 saturated carbocycles. The van der Waals surface area contributed by atoms with Crippen molar-refractivity contribution in [2.75, 3.05) is 4.90 Å². The smallest absolute Gasteiger partial charge is 0.0714 e. The zero-order valence-electron chi connectivity index (χ0n) is 37.1. The SMILES string of the molecule is CC1(C)c2ccccc2-c2ccc(N(c3cccc(C4(c5ccccc5)c5ccccc5-c5ccccc54)c3)c3cccc4c3-c3ccccc3C4(c3ccccc3)c3ccccc3)cc21. The number of anilines is 3. The molecule has 10 aromatic carbocycles. The molecule has 0 N–H and O–H groups in total. The second kappa shape index (κ2) is 14.5. The zero-order chi connectivity index (χ0) is 44.0. The van der Waals surface area contributed by atoms with E-state index in [1.165, 1.54) is 89.0 Å². The summed E-state index contributed by atoms with van der Waals surface area (Å²) in [5.74, 6) is 0. The van der Waals surface area contributed by atoms with Crippen molar-refractivity contribution >= 4 is 17.1 Å². The van der Waals surface area contributed by atoms with Gasteiger partial charge in [-0.2, -0.15) is 0 Å². The third kappa shape index (κ3) is 5.17. The van der Waals surface area contributed by atoms with E-state index < -0.39 is 10.8 Å². The molecule has 0 radical (unpaired) electrons. The van der Waals surface area contributed by atoms with Gasteiger partial charge in [-0.1, -0.05) is 232 Å². The molecule has 0 amide bonds. The van der Waals surface area contributed by atoms with Crippen LogP contribution >= 0.6 is 0 Å². The van der Waals surface area contributed by atoms with E-state index in [0.29, 0.717) is 0 Å². The molecule has 13 rings (SSSR count). The molecule has 1 nitrogen and oxygen atoms in total. The molecule has 312 valence electrons. The van der Waals surface area contributed by atoms with Crippen LogP contribution in [0.2, 0.25) is 0 Å². The van der Waals surface area contributed by atoms with Crippen LogP contribution in [-0.2, 0) is 16.2 Å². The van der Waals surface area contributed by atoms with Crippen LogP contribution < -0.4 is 4.90 Å². The summed E-state index contributed by atoms with van der Waals surface area (Å²) in [7, 11) is 0. The molecule has 10 aromatic rings. The highest BCUT2D eigenvalue weighted by Crippen LogP contribution is 2.61. The summed E-state index contributed by atoms with van der Waals surface area (Å²) < 4.78 is 0. The summed E-state index contributed by atoms with van der Waals surface area (Å²) in [5, 5.41) is 0. The van der Waals surface area contributed by atoms with Crippen LogP contribution in [0, 0.1) is 0 Å². The Morgan fingerprint density at radius 3 is 1.24 bits per heavy atom. The maximum Gasteiger partial charge on any atom is 0.0714 e. The minimum Gasteiger partial charge on any atom is -0.310 e. The number of hydrogen-bond acceptors (Lipinski definition) is 1. The summed E-state index contributed by atoms with van der Waals surface area (Å²) in [5.41, 5.74) is 22.8. The number of nitrogens with zero attached hydrogens (tertiary/aromatic N) is 1. The predicted octanol–water partition coefficient (Wildman–Crippen LogP) is 16.2. The fourth-order valence-electron chi connectivity index (χ4n) is 12.5. The average Bonchev–Trinajstić information content (AvgIpc) is 3.95. The van der Waals surface area contributed by atoms with Crippen molar-refractivity contribution in [1.29, 1.82) is 0 Å². The molecule has 3 aliphatic carbocycles. The normalized spacial score (nSPS) is 14.9. The number of hydrogen-bond donors (Lipinski definition) is 0. The molecule has 0 saturated heterocycles. The second-order valence-electron chi connectivity index (χ2n) is 18.7. The van der Waals surface area contributed by atoms with Gasteiger partial charge in [0, 0.05) is 22.4 Å². The molecule has 0 atom stereocenters. The molecule has 0 unspecified atom stereocenters. The van der Waals surface area contributed by atoms with Gasteiger partial charge in [0.1, 0.15) is 0 Å². The Hall–Kier alpha value is -8.00. The molecule has 66 heavy (non-hydrogen) atoms. The lowest BCUT2D eigenvalue weighted by atomic mass is 9.67. The van der Waals surface area contributed by atoms with Crippen molar-refractivity contribution in [2.24, 2.45) is 0 Å². The highest BCUT2D eigenvalue weighted by atomic mass is 15.1. The minimum absolute atomic E-state index is 0.175. The van der Waals surface area contributed by atoms with Crippen molar-refractivity contribution in [3.63, 3.8) is 0 Å². The Morgan fingerprint density at radius 2 is 0.667 bits per heavy atom. The molecular weight excluding hydrogens is 795 g/mol. The fraction of sp³-hybridized carbons (Fsp3) is 0.0769. The molecule has 3 aliphatic rings. The van der Waals surface area contributed by atoms with E-state index in [9.17, 15) is 0 Å². The Morgan fingerprint density at radius 1 is 0.273 bits per heavy atom. The molecule has 0 heterocycles. The zero-order valence-corrected chi connectivity index (χ0v) is 37.1. The fourth-order valence-corrected chi connectivity index (χ4v) is 12.5. The van der Waals surface area contributed by atoms with Gasteiger partial charge in [-0.05, 0) is 114 Å². The summed E-state index contributed by atoms with van der Waals surface area (Å²) >= 11 is 0. The van der Waals surface area contributed by atoms with Gasteiger partial charge < -0.3 is 4.90 Å².